The van der Waals surface area contributed by atoms with Crippen molar-refractivity contribution in [2.75, 3.05) is 7.05 Å². The summed E-state index contributed by atoms with van der Waals surface area (Å²) in [7, 11) is 1.45. The van der Waals surface area contributed by atoms with Gasteiger partial charge in [0.15, 0.2) is 18.1 Å². The Hall–Kier alpha value is -2.37. The molecule has 0 aromatic rings. The van der Waals surface area contributed by atoms with Crippen molar-refractivity contribution >= 4 is 29.9 Å². The lowest BCUT2D eigenvalue weighted by atomic mass is 10.1. The normalized spacial score (nSPS) is 35.9. The highest BCUT2D eigenvalue weighted by atomic mass is 16.6. The fraction of sp³-hybridized carbons (Fsp3) is 0.583. The topological polar surface area (TPSA) is 160 Å². The average Bonchev–Trinajstić information content (AvgIpc) is 3.03. The van der Waals surface area contributed by atoms with E-state index in [1.807, 2.05) is 0 Å². The molecule has 0 bridgehead atoms. The first-order valence-corrected chi connectivity index (χ1v) is 6.94. The average molecular weight is 324 g/mol. The number of hydrogen-bond acceptors (Lipinski definition) is 8. The molecule has 0 spiro atoms. The van der Waals surface area contributed by atoms with Gasteiger partial charge in [-0.15, -0.1) is 0 Å². The van der Waals surface area contributed by atoms with E-state index in [0.717, 1.165) is 0 Å². The summed E-state index contributed by atoms with van der Waals surface area (Å²) in [6.45, 7) is 0. The molecule has 5 N–H and O–H groups in total. The van der Waals surface area contributed by atoms with E-state index in [-0.39, 0.29) is 24.1 Å². The maximum atomic E-state index is 11.8. The molecular formula is C12H16N6O5. The summed E-state index contributed by atoms with van der Waals surface area (Å²) in [5.74, 6) is -1.05. The van der Waals surface area contributed by atoms with E-state index in [1.54, 1.807) is 0 Å². The van der Waals surface area contributed by atoms with Crippen molar-refractivity contribution in [1.29, 1.82) is 5.41 Å². The predicted octanol–water partition coefficient (Wildman–Crippen LogP) is -3.26. The van der Waals surface area contributed by atoms with Crippen molar-refractivity contribution < 1.29 is 24.5 Å². The van der Waals surface area contributed by atoms with Crippen molar-refractivity contribution in [3.8, 4) is 0 Å². The summed E-state index contributed by atoms with van der Waals surface area (Å²) in [6, 6.07) is -0.921. The fourth-order valence-electron chi connectivity index (χ4n) is 2.65. The number of amidine groups is 1. The summed E-state index contributed by atoms with van der Waals surface area (Å²) in [4.78, 5) is 32.4. The van der Waals surface area contributed by atoms with E-state index in [4.69, 9.17) is 10.1 Å². The Labute approximate surface area is 130 Å². The van der Waals surface area contributed by atoms with Gasteiger partial charge in [0, 0.05) is 7.05 Å². The Bertz CT molecular complexity index is 619. The van der Waals surface area contributed by atoms with Crippen LogP contribution in [-0.4, -0.2) is 82.7 Å². The Morgan fingerprint density at radius 1 is 1.52 bits per heavy atom. The molecule has 3 heterocycles. The molecule has 1 saturated heterocycles. The maximum absolute atomic E-state index is 11.8. The van der Waals surface area contributed by atoms with Gasteiger partial charge in [0.05, 0.1) is 18.9 Å². The second-order valence-corrected chi connectivity index (χ2v) is 5.31. The molecule has 3 rings (SSSR count). The van der Waals surface area contributed by atoms with Crippen LogP contribution in [0.4, 0.5) is 0 Å². The van der Waals surface area contributed by atoms with Crippen molar-refractivity contribution in [3.63, 3.8) is 0 Å². The highest BCUT2D eigenvalue weighted by Gasteiger charge is 2.50. The van der Waals surface area contributed by atoms with Crippen molar-refractivity contribution in [1.82, 2.24) is 15.5 Å². The standard InChI is InChI=1S/C12H16N6O5/c1-14-5(19)2-4-7(20)8(21)11(23-4)18-3-15-6-9(18)16-12(13)17-10(6)22/h3-4,6-8,11,20-21H,2H2,1H3,(H,14,19)(H2,13,17,22)/t4-,6?,7-,8-,11-/m1/s1. The third kappa shape index (κ3) is 2.58. The van der Waals surface area contributed by atoms with E-state index >= 15 is 0 Å². The van der Waals surface area contributed by atoms with Crippen LogP contribution in [0.15, 0.2) is 9.98 Å². The van der Waals surface area contributed by atoms with Crippen molar-refractivity contribution in [2.45, 2.75) is 37.0 Å². The van der Waals surface area contributed by atoms with E-state index in [0.29, 0.717) is 0 Å². The van der Waals surface area contributed by atoms with Gasteiger partial charge in [0.2, 0.25) is 11.9 Å². The van der Waals surface area contributed by atoms with Gasteiger partial charge < -0.3 is 20.3 Å². The molecule has 1 unspecified atom stereocenters. The van der Waals surface area contributed by atoms with Crippen LogP contribution >= 0.6 is 0 Å². The number of hydrogen-bond donors (Lipinski definition) is 5. The molecule has 23 heavy (non-hydrogen) atoms. The number of ether oxygens (including phenoxy) is 1. The molecule has 1 fully saturated rings. The van der Waals surface area contributed by atoms with E-state index in [9.17, 15) is 19.8 Å². The quantitative estimate of drug-likeness (QED) is 0.366. The molecule has 2 amide bonds. The lowest BCUT2D eigenvalue weighted by molar-refractivity contribution is -0.125. The van der Waals surface area contributed by atoms with Crippen LogP contribution in [0.5, 0.6) is 0 Å². The van der Waals surface area contributed by atoms with Gasteiger partial charge in [-0.2, -0.15) is 4.99 Å². The number of guanidine groups is 1. The zero-order valence-electron chi connectivity index (χ0n) is 12.1. The number of fused-ring (bicyclic) bond motifs is 1. The molecule has 3 aliphatic rings. The minimum Gasteiger partial charge on any atom is -0.388 e. The highest BCUT2D eigenvalue weighted by molar-refractivity contribution is 6.23. The molecule has 0 aromatic carbocycles. The zero-order valence-corrected chi connectivity index (χ0v) is 12.1. The molecule has 11 heteroatoms. The van der Waals surface area contributed by atoms with Gasteiger partial charge in [0.1, 0.15) is 12.2 Å². The van der Waals surface area contributed by atoms with E-state index < -0.39 is 36.5 Å². The second-order valence-electron chi connectivity index (χ2n) is 5.31. The summed E-state index contributed by atoms with van der Waals surface area (Å²) in [6.07, 6.45) is -3.41. The number of amides is 2. The lowest BCUT2D eigenvalue weighted by Gasteiger charge is -2.28. The number of nitrogens with one attached hydrogen (secondary N) is 3. The van der Waals surface area contributed by atoms with Gasteiger partial charge in [-0.25, -0.2) is 0 Å². The maximum Gasteiger partial charge on any atom is 0.259 e. The molecule has 0 radical (unpaired) electrons. The summed E-state index contributed by atoms with van der Waals surface area (Å²) < 4.78 is 5.55. The van der Waals surface area contributed by atoms with Crippen LogP contribution in [-0.2, 0) is 14.3 Å². The zero-order chi connectivity index (χ0) is 16.7. The van der Waals surface area contributed by atoms with Crippen LogP contribution in [0, 0.1) is 5.41 Å². The number of aliphatic hydroxyl groups excluding tert-OH is 2. The summed E-state index contributed by atoms with van der Waals surface area (Å²) >= 11 is 0. The van der Waals surface area contributed by atoms with E-state index in [1.165, 1.54) is 18.3 Å². The minimum absolute atomic E-state index is 0.123. The van der Waals surface area contributed by atoms with Crippen molar-refractivity contribution in [2.24, 2.45) is 9.98 Å². The monoisotopic (exact) mass is 324 g/mol. The van der Waals surface area contributed by atoms with Crippen molar-refractivity contribution in [3.05, 3.63) is 0 Å². The van der Waals surface area contributed by atoms with Gasteiger partial charge in [0.25, 0.3) is 5.91 Å². The Morgan fingerprint density at radius 2 is 2.26 bits per heavy atom. The number of carbonyl (C=O) groups excluding carboxylic acids is 2. The molecule has 0 saturated carbocycles. The molecular weight excluding hydrogens is 308 g/mol. The van der Waals surface area contributed by atoms with Gasteiger partial charge in [-0.1, -0.05) is 0 Å². The second kappa shape index (κ2) is 5.68. The summed E-state index contributed by atoms with van der Waals surface area (Å²) in [5.41, 5.74) is 0. The van der Waals surface area contributed by atoms with Gasteiger partial charge >= 0.3 is 0 Å². The highest BCUT2D eigenvalue weighted by Crippen LogP contribution is 2.28. The molecule has 5 atom stereocenters. The Morgan fingerprint density at radius 3 is 2.96 bits per heavy atom. The predicted molar refractivity (Wildman–Crippen MR) is 76.8 cm³/mol. The van der Waals surface area contributed by atoms with Crippen LogP contribution in [0.2, 0.25) is 0 Å². The largest absolute Gasteiger partial charge is 0.388 e. The molecule has 0 aliphatic carbocycles. The summed E-state index contributed by atoms with van der Waals surface area (Å²) in [5, 5.41) is 32.3. The first-order chi connectivity index (χ1) is 10.9. The molecule has 3 aliphatic heterocycles. The lowest BCUT2D eigenvalue weighted by Crippen LogP contribution is -2.53. The molecule has 124 valence electrons. The van der Waals surface area contributed by atoms with Gasteiger partial charge in [-0.3, -0.25) is 30.2 Å². The molecule has 11 nitrogen and oxygen atoms in total. The van der Waals surface area contributed by atoms with E-state index in [2.05, 4.69) is 20.6 Å². The van der Waals surface area contributed by atoms with Crippen LogP contribution in [0.3, 0.4) is 0 Å². The fourth-order valence-corrected chi connectivity index (χ4v) is 2.65. The minimum atomic E-state index is -1.32. The number of nitrogens with zero attached hydrogens (tertiary/aromatic N) is 3. The SMILES string of the molecule is CNC(=O)C[C@H]1O[C@@H](N2C=NC3C(=O)NC(=N)N=C32)[C@H](O)[C@@H]1O. The van der Waals surface area contributed by atoms with Crippen LogP contribution in [0.25, 0.3) is 0 Å². The first-order valence-electron chi connectivity index (χ1n) is 6.94. The van der Waals surface area contributed by atoms with Crippen LogP contribution < -0.4 is 10.6 Å². The van der Waals surface area contributed by atoms with Gasteiger partial charge in [-0.05, 0) is 0 Å². The molecule has 0 aromatic heterocycles. The smallest absolute Gasteiger partial charge is 0.259 e. The first kappa shape index (κ1) is 15.5. The Kier molecular flexibility index (Phi) is 3.83. The number of aliphatic hydroxyl groups is 2. The third-order valence-electron chi connectivity index (χ3n) is 3.84. The van der Waals surface area contributed by atoms with Crippen LogP contribution in [0.1, 0.15) is 6.42 Å². The Balaban J connectivity index is 1.80. The third-order valence-corrected chi connectivity index (χ3v) is 3.84. The number of rotatable bonds is 3. The number of aliphatic imine (C=N–C) groups is 2. The number of carbonyl (C=O) groups is 2.